The first kappa shape index (κ1) is 14.7. The van der Waals surface area contributed by atoms with E-state index in [-0.39, 0.29) is 5.43 Å². The summed E-state index contributed by atoms with van der Waals surface area (Å²) in [6.07, 6.45) is 3.55. The van der Waals surface area contributed by atoms with Crippen LogP contribution < -0.4 is 5.43 Å². The first-order valence-electron chi connectivity index (χ1n) is 5.99. The summed E-state index contributed by atoms with van der Waals surface area (Å²) in [6, 6.07) is 7.11. The molecule has 2 heteroatoms. The molecule has 0 spiro atoms. The van der Waals surface area contributed by atoms with Crippen LogP contribution in [0.3, 0.4) is 0 Å². The third kappa shape index (κ3) is 3.10. The van der Waals surface area contributed by atoms with Crippen LogP contribution in [0.2, 0.25) is 0 Å². The molecule has 0 N–H and O–H groups in total. The van der Waals surface area contributed by atoms with Crippen LogP contribution in [0.15, 0.2) is 65.4 Å². The average Bonchev–Trinajstić information content (AvgIpc) is 2.43. The van der Waals surface area contributed by atoms with Crippen molar-refractivity contribution >= 4 is 16.5 Å². The average molecular weight is 254 g/mol. The normalized spacial score (nSPS) is 10.7. The molecule has 0 saturated heterocycles. The molecule has 1 heterocycles. The van der Waals surface area contributed by atoms with E-state index < -0.39 is 0 Å². The van der Waals surface area contributed by atoms with E-state index in [4.69, 9.17) is 4.42 Å². The lowest BCUT2D eigenvalue weighted by molar-refractivity contribution is 0.587. The largest absolute Gasteiger partial charge is 0.456 e. The number of allylic oxidation sites excluding steroid dienone is 3. The number of fused-ring (bicyclic) bond motifs is 1. The summed E-state index contributed by atoms with van der Waals surface area (Å²) in [4.78, 5) is 12.0. The molecular formula is C17H18O2. The molecule has 0 saturated carbocycles. The van der Waals surface area contributed by atoms with Gasteiger partial charge in [0.05, 0.1) is 5.39 Å². The topological polar surface area (TPSA) is 30.2 Å². The molecule has 2 aromatic rings. The van der Waals surface area contributed by atoms with Gasteiger partial charge in [-0.1, -0.05) is 30.4 Å². The Hall–Kier alpha value is -2.35. The summed E-state index contributed by atoms with van der Waals surface area (Å²) in [5, 5.41) is 0.619. The van der Waals surface area contributed by atoms with Crippen molar-refractivity contribution in [2.45, 2.75) is 13.8 Å². The van der Waals surface area contributed by atoms with Crippen LogP contribution in [0.25, 0.3) is 16.5 Å². The van der Waals surface area contributed by atoms with Gasteiger partial charge in [0.25, 0.3) is 0 Å². The fourth-order valence-corrected chi connectivity index (χ4v) is 1.77. The van der Waals surface area contributed by atoms with Crippen LogP contribution in [0.1, 0.15) is 18.2 Å². The van der Waals surface area contributed by atoms with E-state index in [1.807, 2.05) is 38.1 Å². The second-order valence-corrected chi connectivity index (χ2v) is 3.92. The quantitative estimate of drug-likeness (QED) is 0.583. The van der Waals surface area contributed by atoms with Gasteiger partial charge >= 0.3 is 0 Å². The molecule has 1 aromatic heterocycles. The lowest BCUT2D eigenvalue weighted by Crippen LogP contribution is -2.01. The van der Waals surface area contributed by atoms with Crippen molar-refractivity contribution in [3.8, 4) is 0 Å². The molecule has 0 aliphatic heterocycles. The van der Waals surface area contributed by atoms with E-state index in [1.54, 1.807) is 6.08 Å². The Morgan fingerprint density at radius 2 is 1.95 bits per heavy atom. The number of aryl methyl sites for hydroxylation is 1. The Bertz CT molecular complexity index is 675. The molecule has 0 aliphatic rings. The minimum atomic E-state index is -0.0221. The summed E-state index contributed by atoms with van der Waals surface area (Å²) in [7, 11) is 0. The maximum atomic E-state index is 12.0. The van der Waals surface area contributed by atoms with Gasteiger partial charge in [0.1, 0.15) is 11.3 Å². The van der Waals surface area contributed by atoms with Gasteiger partial charge in [0.15, 0.2) is 5.43 Å². The van der Waals surface area contributed by atoms with Crippen LogP contribution in [-0.2, 0) is 0 Å². The Balaban J connectivity index is 0.000000861. The first-order valence-corrected chi connectivity index (χ1v) is 5.99. The standard InChI is InChI=1S/C15H14O2.C2H4/c1-4-11(5-2)15-9-13(16)12-8-10(3)6-7-14(12)17-15;1-2/h4-9H,1H2,2-3H3;1-2H2/b11-5+;. The van der Waals surface area contributed by atoms with Gasteiger partial charge in [0.2, 0.25) is 0 Å². The summed E-state index contributed by atoms with van der Waals surface area (Å²) >= 11 is 0. The second-order valence-electron chi connectivity index (χ2n) is 3.92. The smallest absolute Gasteiger partial charge is 0.193 e. The molecule has 1 aromatic carbocycles. The SMILES string of the molecule is C=C.C=C/C(=C\C)c1cc(=O)c2cc(C)ccc2o1. The highest BCUT2D eigenvalue weighted by molar-refractivity contribution is 5.80. The van der Waals surface area contributed by atoms with E-state index in [0.717, 1.165) is 11.1 Å². The van der Waals surface area contributed by atoms with E-state index in [0.29, 0.717) is 16.7 Å². The molecule has 0 unspecified atom stereocenters. The lowest BCUT2D eigenvalue weighted by atomic mass is 10.1. The minimum absolute atomic E-state index is 0.0221. The fourth-order valence-electron chi connectivity index (χ4n) is 1.77. The third-order valence-electron chi connectivity index (χ3n) is 2.70. The Labute approximate surface area is 113 Å². The molecule has 0 fully saturated rings. The maximum absolute atomic E-state index is 12.0. The highest BCUT2D eigenvalue weighted by Crippen LogP contribution is 2.19. The van der Waals surface area contributed by atoms with E-state index >= 15 is 0 Å². The van der Waals surface area contributed by atoms with Gasteiger partial charge < -0.3 is 4.42 Å². The predicted molar refractivity (Wildman–Crippen MR) is 82.3 cm³/mol. The van der Waals surface area contributed by atoms with Crippen LogP contribution in [0.5, 0.6) is 0 Å². The monoisotopic (exact) mass is 254 g/mol. The van der Waals surface area contributed by atoms with E-state index in [9.17, 15) is 4.79 Å². The molecule has 2 nitrogen and oxygen atoms in total. The van der Waals surface area contributed by atoms with Crippen molar-refractivity contribution in [2.24, 2.45) is 0 Å². The summed E-state index contributed by atoms with van der Waals surface area (Å²) in [5.41, 5.74) is 2.46. The third-order valence-corrected chi connectivity index (χ3v) is 2.70. The minimum Gasteiger partial charge on any atom is -0.456 e. The Morgan fingerprint density at radius 1 is 1.26 bits per heavy atom. The van der Waals surface area contributed by atoms with E-state index in [2.05, 4.69) is 19.7 Å². The number of benzene rings is 1. The second kappa shape index (κ2) is 6.55. The summed E-state index contributed by atoms with van der Waals surface area (Å²) in [5.74, 6) is 0.559. The Kier molecular flexibility index (Phi) is 5.07. The van der Waals surface area contributed by atoms with Crippen LogP contribution >= 0.6 is 0 Å². The van der Waals surface area contributed by atoms with Gasteiger partial charge in [-0.3, -0.25) is 4.79 Å². The highest BCUT2D eigenvalue weighted by Gasteiger charge is 2.06. The van der Waals surface area contributed by atoms with Gasteiger partial charge in [-0.25, -0.2) is 0 Å². The molecule has 98 valence electrons. The zero-order valence-corrected chi connectivity index (χ0v) is 11.4. The van der Waals surface area contributed by atoms with E-state index in [1.165, 1.54) is 6.07 Å². The molecule has 2 rings (SSSR count). The van der Waals surface area contributed by atoms with Crippen molar-refractivity contribution in [3.63, 3.8) is 0 Å². The van der Waals surface area contributed by atoms with Gasteiger partial charge in [0, 0.05) is 11.6 Å². The van der Waals surface area contributed by atoms with Crippen molar-refractivity contribution in [1.29, 1.82) is 0 Å². The number of hydrogen-bond donors (Lipinski definition) is 0. The predicted octanol–water partition coefficient (Wildman–Crippen LogP) is 4.49. The molecule has 0 bridgehead atoms. The van der Waals surface area contributed by atoms with Crippen molar-refractivity contribution in [3.05, 3.63) is 77.7 Å². The highest BCUT2D eigenvalue weighted by atomic mass is 16.3. The molecule has 19 heavy (non-hydrogen) atoms. The first-order chi connectivity index (χ1) is 9.15. The van der Waals surface area contributed by atoms with Gasteiger partial charge in [-0.05, 0) is 26.0 Å². The maximum Gasteiger partial charge on any atom is 0.193 e. The van der Waals surface area contributed by atoms with Gasteiger partial charge in [-0.15, -0.1) is 13.2 Å². The zero-order valence-electron chi connectivity index (χ0n) is 11.4. The van der Waals surface area contributed by atoms with Crippen molar-refractivity contribution < 1.29 is 4.42 Å². The van der Waals surface area contributed by atoms with Crippen LogP contribution in [0.4, 0.5) is 0 Å². The molecule has 0 atom stereocenters. The fraction of sp³-hybridized carbons (Fsp3) is 0.118. The molecule has 0 aliphatic carbocycles. The molecular weight excluding hydrogens is 236 g/mol. The lowest BCUT2D eigenvalue weighted by Gasteiger charge is -2.03. The van der Waals surface area contributed by atoms with Crippen LogP contribution in [-0.4, -0.2) is 0 Å². The van der Waals surface area contributed by atoms with Crippen LogP contribution in [0, 0.1) is 6.92 Å². The number of hydrogen-bond acceptors (Lipinski definition) is 2. The summed E-state index contributed by atoms with van der Waals surface area (Å²) < 4.78 is 5.70. The van der Waals surface area contributed by atoms with Gasteiger partial charge in [-0.2, -0.15) is 0 Å². The van der Waals surface area contributed by atoms with Crippen molar-refractivity contribution in [2.75, 3.05) is 0 Å². The molecule has 0 radical (unpaired) electrons. The van der Waals surface area contributed by atoms with Crippen molar-refractivity contribution in [1.82, 2.24) is 0 Å². The number of rotatable bonds is 2. The molecule has 0 amide bonds. The Morgan fingerprint density at radius 3 is 2.53 bits per heavy atom. The zero-order chi connectivity index (χ0) is 14.4. The summed E-state index contributed by atoms with van der Waals surface area (Å²) in [6.45, 7) is 13.5.